The third-order valence-corrected chi connectivity index (χ3v) is 2.90. The second-order valence-electron chi connectivity index (χ2n) is 5.89. The first kappa shape index (κ1) is 16.0. The second-order valence-corrected chi connectivity index (χ2v) is 5.89. The molecule has 0 radical (unpaired) electrons. The molecule has 0 aliphatic rings. The number of carbonyl (C=O) groups excluding carboxylic acids is 1. The molecule has 0 aromatic heterocycles. The maximum Gasteiger partial charge on any atom is 0.326 e. The van der Waals surface area contributed by atoms with Crippen LogP contribution in [0.2, 0.25) is 0 Å². The van der Waals surface area contributed by atoms with Gasteiger partial charge in [0.1, 0.15) is 6.04 Å². The molecule has 1 aromatic rings. The van der Waals surface area contributed by atoms with E-state index in [1.54, 1.807) is 26.8 Å². The Bertz CT molecular complexity index is 510. The SMILES string of the molecule is Cc1ccc(/C=C/C(=O)N[C@H](C(=O)O)C(C)(C)C)cc1. The van der Waals surface area contributed by atoms with Crippen LogP contribution in [0.25, 0.3) is 6.08 Å². The molecule has 2 N–H and O–H groups in total. The summed E-state index contributed by atoms with van der Waals surface area (Å²) in [4.78, 5) is 22.9. The van der Waals surface area contributed by atoms with Crippen molar-refractivity contribution in [3.05, 3.63) is 41.5 Å². The zero-order valence-corrected chi connectivity index (χ0v) is 12.3. The summed E-state index contributed by atoms with van der Waals surface area (Å²) in [5.41, 5.74) is 1.50. The minimum atomic E-state index is -1.03. The summed E-state index contributed by atoms with van der Waals surface area (Å²) in [5, 5.41) is 11.6. The summed E-state index contributed by atoms with van der Waals surface area (Å²) in [6.07, 6.45) is 3.02. The molecule has 108 valence electrons. The first-order chi connectivity index (χ1) is 9.20. The van der Waals surface area contributed by atoms with E-state index in [1.807, 2.05) is 31.2 Å². The van der Waals surface area contributed by atoms with Crippen LogP contribution < -0.4 is 5.32 Å². The molecule has 20 heavy (non-hydrogen) atoms. The molecule has 0 unspecified atom stereocenters. The summed E-state index contributed by atoms with van der Waals surface area (Å²) in [6, 6.07) is 6.78. The lowest BCUT2D eigenvalue weighted by Gasteiger charge is -2.27. The van der Waals surface area contributed by atoms with Crippen LogP contribution in [0.3, 0.4) is 0 Å². The predicted molar refractivity (Wildman–Crippen MR) is 79.2 cm³/mol. The van der Waals surface area contributed by atoms with Crippen LogP contribution in [0, 0.1) is 12.3 Å². The monoisotopic (exact) mass is 275 g/mol. The number of carbonyl (C=O) groups is 2. The third-order valence-electron chi connectivity index (χ3n) is 2.90. The molecule has 0 fully saturated rings. The number of hydrogen-bond donors (Lipinski definition) is 2. The lowest BCUT2D eigenvalue weighted by molar-refractivity contribution is -0.144. The number of carboxylic acid groups (broad SMARTS) is 1. The van der Waals surface area contributed by atoms with Crippen LogP contribution in [0.1, 0.15) is 31.9 Å². The highest BCUT2D eigenvalue weighted by atomic mass is 16.4. The average molecular weight is 275 g/mol. The molecule has 0 spiro atoms. The maximum atomic E-state index is 11.8. The van der Waals surface area contributed by atoms with Gasteiger partial charge in [0.15, 0.2) is 0 Å². The topological polar surface area (TPSA) is 66.4 Å². The van der Waals surface area contributed by atoms with Crippen molar-refractivity contribution < 1.29 is 14.7 Å². The van der Waals surface area contributed by atoms with Gasteiger partial charge in [0.2, 0.25) is 5.91 Å². The van der Waals surface area contributed by atoms with E-state index in [0.717, 1.165) is 11.1 Å². The summed E-state index contributed by atoms with van der Waals surface area (Å²) in [5.74, 6) is -1.44. The second kappa shape index (κ2) is 6.37. The Morgan fingerprint density at radius 3 is 2.20 bits per heavy atom. The van der Waals surface area contributed by atoms with Gasteiger partial charge < -0.3 is 10.4 Å². The lowest BCUT2D eigenvalue weighted by atomic mass is 9.87. The number of nitrogens with one attached hydrogen (secondary N) is 1. The number of amides is 1. The molecule has 1 rings (SSSR count). The normalized spacial score (nSPS) is 13.2. The standard InChI is InChI=1S/C16H21NO3/c1-11-5-7-12(8-6-11)9-10-13(18)17-14(15(19)20)16(2,3)4/h5-10,14H,1-4H3,(H,17,18)(H,19,20)/b10-9+/t14-/m1/s1. The fourth-order valence-electron chi connectivity index (χ4n) is 1.69. The van der Waals surface area contributed by atoms with E-state index < -0.39 is 23.3 Å². The number of hydrogen-bond acceptors (Lipinski definition) is 2. The average Bonchev–Trinajstić information content (AvgIpc) is 2.33. The Balaban J connectivity index is 2.71. The zero-order chi connectivity index (χ0) is 15.3. The van der Waals surface area contributed by atoms with E-state index in [0.29, 0.717) is 0 Å². The minimum Gasteiger partial charge on any atom is -0.480 e. The number of aliphatic carboxylic acids is 1. The molecule has 4 heteroatoms. The Kier molecular flexibility index (Phi) is 5.08. The van der Waals surface area contributed by atoms with Crippen molar-refractivity contribution in [3.8, 4) is 0 Å². The van der Waals surface area contributed by atoms with Crippen molar-refractivity contribution in [2.75, 3.05) is 0 Å². The molecule has 1 aromatic carbocycles. The fraction of sp³-hybridized carbons (Fsp3) is 0.375. The molecule has 0 bridgehead atoms. The Morgan fingerprint density at radius 1 is 1.20 bits per heavy atom. The van der Waals surface area contributed by atoms with Gasteiger partial charge in [-0.3, -0.25) is 4.79 Å². The Morgan fingerprint density at radius 2 is 1.75 bits per heavy atom. The van der Waals surface area contributed by atoms with Gasteiger partial charge in [-0.1, -0.05) is 50.6 Å². The van der Waals surface area contributed by atoms with Crippen molar-refractivity contribution in [2.45, 2.75) is 33.7 Å². The first-order valence-corrected chi connectivity index (χ1v) is 6.48. The van der Waals surface area contributed by atoms with Crippen molar-refractivity contribution in [2.24, 2.45) is 5.41 Å². The summed E-state index contributed by atoms with van der Waals surface area (Å²) >= 11 is 0. The van der Waals surface area contributed by atoms with E-state index in [9.17, 15) is 9.59 Å². The maximum absolute atomic E-state index is 11.8. The van der Waals surface area contributed by atoms with Crippen LogP contribution >= 0.6 is 0 Å². The Labute approximate surface area is 119 Å². The van der Waals surface area contributed by atoms with E-state index >= 15 is 0 Å². The van der Waals surface area contributed by atoms with E-state index in [2.05, 4.69) is 5.32 Å². The highest BCUT2D eigenvalue weighted by molar-refractivity contribution is 5.94. The van der Waals surface area contributed by atoms with Crippen molar-refractivity contribution in [1.82, 2.24) is 5.32 Å². The highest BCUT2D eigenvalue weighted by Gasteiger charge is 2.31. The van der Waals surface area contributed by atoms with Gasteiger partial charge in [-0.05, 0) is 24.0 Å². The van der Waals surface area contributed by atoms with Gasteiger partial charge in [0.05, 0.1) is 0 Å². The van der Waals surface area contributed by atoms with Gasteiger partial charge in [-0.2, -0.15) is 0 Å². The largest absolute Gasteiger partial charge is 0.480 e. The smallest absolute Gasteiger partial charge is 0.326 e. The van der Waals surface area contributed by atoms with E-state index in [-0.39, 0.29) is 0 Å². The first-order valence-electron chi connectivity index (χ1n) is 6.48. The molecule has 0 aliphatic heterocycles. The number of benzene rings is 1. The van der Waals surface area contributed by atoms with Gasteiger partial charge >= 0.3 is 5.97 Å². The molecule has 1 amide bonds. The van der Waals surface area contributed by atoms with Gasteiger partial charge in [-0.15, -0.1) is 0 Å². The van der Waals surface area contributed by atoms with Crippen LogP contribution in [-0.4, -0.2) is 23.0 Å². The molecule has 0 saturated heterocycles. The zero-order valence-electron chi connectivity index (χ0n) is 12.3. The highest BCUT2D eigenvalue weighted by Crippen LogP contribution is 2.19. The molecule has 4 nitrogen and oxygen atoms in total. The van der Waals surface area contributed by atoms with Crippen LogP contribution in [0.15, 0.2) is 30.3 Å². The molecule has 0 aliphatic carbocycles. The van der Waals surface area contributed by atoms with Crippen molar-refractivity contribution >= 4 is 18.0 Å². The van der Waals surface area contributed by atoms with Crippen molar-refractivity contribution in [3.63, 3.8) is 0 Å². The predicted octanol–water partition coefficient (Wildman–Crippen LogP) is 2.62. The molecule has 0 saturated carbocycles. The van der Waals surface area contributed by atoms with E-state index in [1.165, 1.54) is 6.08 Å². The van der Waals surface area contributed by atoms with Gasteiger partial charge in [0, 0.05) is 6.08 Å². The lowest BCUT2D eigenvalue weighted by Crippen LogP contribution is -2.48. The summed E-state index contributed by atoms with van der Waals surface area (Å²) in [7, 11) is 0. The quantitative estimate of drug-likeness (QED) is 0.830. The third kappa shape index (κ3) is 4.88. The summed E-state index contributed by atoms with van der Waals surface area (Å²) in [6.45, 7) is 7.31. The minimum absolute atomic E-state index is 0.409. The molecule has 1 atom stereocenters. The van der Waals surface area contributed by atoms with Crippen molar-refractivity contribution in [1.29, 1.82) is 0 Å². The Hall–Kier alpha value is -2.10. The van der Waals surface area contributed by atoms with Crippen LogP contribution in [-0.2, 0) is 9.59 Å². The molecular weight excluding hydrogens is 254 g/mol. The fourth-order valence-corrected chi connectivity index (χ4v) is 1.69. The molecule has 0 heterocycles. The number of aryl methyl sites for hydroxylation is 1. The van der Waals surface area contributed by atoms with Crippen LogP contribution in [0.4, 0.5) is 0 Å². The van der Waals surface area contributed by atoms with Gasteiger partial charge in [-0.25, -0.2) is 4.79 Å². The number of carboxylic acids is 1. The van der Waals surface area contributed by atoms with E-state index in [4.69, 9.17) is 5.11 Å². The van der Waals surface area contributed by atoms with Crippen LogP contribution in [0.5, 0.6) is 0 Å². The summed E-state index contributed by atoms with van der Waals surface area (Å²) < 4.78 is 0. The number of rotatable bonds is 4. The molecular formula is C16H21NO3. The van der Waals surface area contributed by atoms with Gasteiger partial charge in [0.25, 0.3) is 0 Å².